The molecule has 3 N–H and O–H groups in total. The Kier molecular flexibility index (Phi) is 12.4. The van der Waals surface area contributed by atoms with Crippen LogP contribution in [0.1, 0.15) is 36.7 Å². The lowest BCUT2D eigenvalue weighted by Gasteiger charge is -2.13. The zero-order chi connectivity index (χ0) is 19.5. The van der Waals surface area contributed by atoms with E-state index < -0.39 is 0 Å². The van der Waals surface area contributed by atoms with E-state index in [-0.39, 0.29) is 41.7 Å². The molecular formula is C19H32IN5O2. The molecule has 0 saturated carbocycles. The summed E-state index contributed by atoms with van der Waals surface area (Å²) in [6.45, 7) is 8.13. The van der Waals surface area contributed by atoms with Gasteiger partial charge >= 0.3 is 0 Å². The third-order valence-electron chi connectivity index (χ3n) is 3.61. The summed E-state index contributed by atoms with van der Waals surface area (Å²) in [5.41, 5.74) is 1.68. The monoisotopic (exact) mass is 489 g/mol. The van der Waals surface area contributed by atoms with Crippen molar-refractivity contribution in [2.75, 3.05) is 33.7 Å². The molecule has 0 bridgehead atoms. The molecule has 152 valence electrons. The number of hydrogen-bond acceptors (Lipinski definition) is 3. The Labute approximate surface area is 179 Å². The SMILES string of the molecule is CCNC(=NCc1ccc(C(=O)N(C)C)cc1)NCCNC(=O)C(C)C.I. The largest absolute Gasteiger partial charge is 0.357 e. The summed E-state index contributed by atoms with van der Waals surface area (Å²) in [4.78, 5) is 29.5. The average molecular weight is 489 g/mol. The molecule has 0 aliphatic carbocycles. The highest BCUT2D eigenvalue weighted by Gasteiger charge is 2.07. The van der Waals surface area contributed by atoms with Crippen molar-refractivity contribution in [1.82, 2.24) is 20.9 Å². The minimum Gasteiger partial charge on any atom is -0.357 e. The topological polar surface area (TPSA) is 85.8 Å². The van der Waals surface area contributed by atoms with E-state index in [2.05, 4.69) is 20.9 Å². The van der Waals surface area contributed by atoms with Gasteiger partial charge in [0.15, 0.2) is 5.96 Å². The molecule has 0 spiro atoms. The third kappa shape index (κ3) is 9.60. The first kappa shape index (κ1) is 25.2. The van der Waals surface area contributed by atoms with Crippen molar-refractivity contribution in [1.29, 1.82) is 0 Å². The predicted molar refractivity (Wildman–Crippen MR) is 121 cm³/mol. The summed E-state index contributed by atoms with van der Waals surface area (Å²) in [6, 6.07) is 7.45. The van der Waals surface area contributed by atoms with Crippen LogP contribution in [0, 0.1) is 5.92 Å². The van der Waals surface area contributed by atoms with Crippen LogP contribution in [-0.2, 0) is 11.3 Å². The van der Waals surface area contributed by atoms with E-state index in [1.165, 1.54) is 0 Å². The van der Waals surface area contributed by atoms with Gasteiger partial charge in [0, 0.05) is 45.2 Å². The van der Waals surface area contributed by atoms with Crippen LogP contribution < -0.4 is 16.0 Å². The quantitative estimate of drug-likeness (QED) is 0.225. The highest BCUT2D eigenvalue weighted by molar-refractivity contribution is 14.0. The summed E-state index contributed by atoms with van der Waals surface area (Å²) in [5.74, 6) is 0.707. The highest BCUT2D eigenvalue weighted by atomic mass is 127. The van der Waals surface area contributed by atoms with Gasteiger partial charge < -0.3 is 20.9 Å². The van der Waals surface area contributed by atoms with Crippen LogP contribution in [-0.4, -0.2) is 56.4 Å². The summed E-state index contributed by atoms with van der Waals surface area (Å²) in [6.07, 6.45) is 0. The second kappa shape index (κ2) is 13.3. The van der Waals surface area contributed by atoms with E-state index >= 15 is 0 Å². The number of nitrogens with zero attached hydrogens (tertiary/aromatic N) is 2. The highest BCUT2D eigenvalue weighted by Crippen LogP contribution is 2.07. The van der Waals surface area contributed by atoms with Gasteiger partial charge in [0.05, 0.1) is 6.54 Å². The molecule has 0 aliphatic rings. The lowest BCUT2D eigenvalue weighted by Crippen LogP contribution is -2.42. The van der Waals surface area contributed by atoms with Gasteiger partial charge in [-0.2, -0.15) is 0 Å². The molecule has 1 rings (SSSR count). The molecule has 0 fully saturated rings. The van der Waals surface area contributed by atoms with E-state index in [1.807, 2.05) is 45.0 Å². The zero-order valence-electron chi connectivity index (χ0n) is 16.8. The number of aliphatic imine (C=N–C) groups is 1. The standard InChI is InChI=1S/C19H31N5O2.HI/c1-6-20-19(22-12-11-21-17(25)14(2)3)23-13-15-7-9-16(10-8-15)18(26)24(4)5;/h7-10,14H,6,11-13H2,1-5H3,(H,21,25)(H2,20,22,23);1H. The Bertz CT molecular complexity index is 615. The average Bonchev–Trinajstić information content (AvgIpc) is 2.62. The molecule has 0 heterocycles. The van der Waals surface area contributed by atoms with Crippen LogP contribution in [0.3, 0.4) is 0 Å². The number of carbonyl (C=O) groups is 2. The molecule has 0 saturated heterocycles. The summed E-state index contributed by atoms with van der Waals surface area (Å²) in [5, 5.41) is 9.23. The van der Waals surface area contributed by atoms with Gasteiger partial charge in [0.25, 0.3) is 5.91 Å². The van der Waals surface area contributed by atoms with Crippen molar-refractivity contribution >= 4 is 41.8 Å². The number of benzene rings is 1. The normalized spacial score (nSPS) is 10.8. The van der Waals surface area contributed by atoms with Crippen molar-refractivity contribution < 1.29 is 9.59 Å². The number of halogens is 1. The minimum atomic E-state index is -0.0153. The minimum absolute atomic E-state index is 0. The second-order valence-electron chi connectivity index (χ2n) is 6.46. The van der Waals surface area contributed by atoms with Crippen LogP contribution in [0.25, 0.3) is 0 Å². The van der Waals surface area contributed by atoms with Gasteiger partial charge in [-0.1, -0.05) is 26.0 Å². The zero-order valence-corrected chi connectivity index (χ0v) is 19.2. The summed E-state index contributed by atoms with van der Waals surface area (Å²) in [7, 11) is 3.47. The Morgan fingerprint density at radius 2 is 1.63 bits per heavy atom. The first-order valence-corrected chi connectivity index (χ1v) is 8.95. The maximum Gasteiger partial charge on any atom is 0.253 e. The van der Waals surface area contributed by atoms with Gasteiger partial charge in [-0.25, -0.2) is 4.99 Å². The van der Waals surface area contributed by atoms with Gasteiger partial charge in [0.1, 0.15) is 0 Å². The van der Waals surface area contributed by atoms with E-state index in [0.29, 0.717) is 31.2 Å². The first-order chi connectivity index (χ1) is 12.3. The lowest BCUT2D eigenvalue weighted by molar-refractivity contribution is -0.123. The Hall–Kier alpha value is -1.84. The van der Waals surface area contributed by atoms with E-state index in [4.69, 9.17) is 0 Å². The summed E-state index contributed by atoms with van der Waals surface area (Å²) < 4.78 is 0. The predicted octanol–water partition coefficient (Wildman–Crippen LogP) is 1.83. The maximum absolute atomic E-state index is 11.9. The van der Waals surface area contributed by atoms with Crippen molar-refractivity contribution in [3.05, 3.63) is 35.4 Å². The van der Waals surface area contributed by atoms with E-state index in [9.17, 15) is 9.59 Å². The van der Waals surface area contributed by atoms with Crippen molar-refractivity contribution in [3.63, 3.8) is 0 Å². The number of nitrogens with one attached hydrogen (secondary N) is 3. The van der Waals surface area contributed by atoms with Gasteiger partial charge in [-0.15, -0.1) is 24.0 Å². The smallest absolute Gasteiger partial charge is 0.253 e. The molecule has 27 heavy (non-hydrogen) atoms. The third-order valence-corrected chi connectivity index (χ3v) is 3.61. The van der Waals surface area contributed by atoms with Crippen LogP contribution in [0.5, 0.6) is 0 Å². The Balaban J connectivity index is 0.00000676. The molecule has 0 unspecified atom stereocenters. The van der Waals surface area contributed by atoms with Gasteiger partial charge in [-0.05, 0) is 24.6 Å². The van der Waals surface area contributed by atoms with Crippen molar-refractivity contribution in [2.24, 2.45) is 10.9 Å². The van der Waals surface area contributed by atoms with Gasteiger partial charge in [-0.3, -0.25) is 9.59 Å². The number of rotatable bonds is 8. The first-order valence-electron chi connectivity index (χ1n) is 8.95. The fourth-order valence-corrected chi connectivity index (χ4v) is 2.09. The summed E-state index contributed by atoms with van der Waals surface area (Å²) >= 11 is 0. The molecule has 2 amide bonds. The number of hydrogen-bond donors (Lipinski definition) is 3. The number of amides is 2. The van der Waals surface area contributed by atoms with E-state index in [1.54, 1.807) is 19.0 Å². The van der Waals surface area contributed by atoms with Crippen LogP contribution in [0.2, 0.25) is 0 Å². The number of carbonyl (C=O) groups excluding carboxylic acids is 2. The molecule has 0 aromatic heterocycles. The van der Waals surface area contributed by atoms with Crippen LogP contribution in [0.15, 0.2) is 29.3 Å². The lowest BCUT2D eigenvalue weighted by atomic mass is 10.1. The molecule has 1 aromatic rings. The van der Waals surface area contributed by atoms with Gasteiger partial charge in [0.2, 0.25) is 5.91 Å². The van der Waals surface area contributed by atoms with E-state index in [0.717, 1.165) is 12.1 Å². The van der Waals surface area contributed by atoms with Crippen LogP contribution in [0.4, 0.5) is 0 Å². The Morgan fingerprint density at radius 1 is 1.04 bits per heavy atom. The second-order valence-corrected chi connectivity index (χ2v) is 6.46. The molecule has 8 heteroatoms. The fourth-order valence-electron chi connectivity index (χ4n) is 2.09. The maximum atomic E-state index is 11.9. The molecule has 0 atom stereocenters. The number of guanidine groups is 1. The molecule has 0 aliphatic heterocycles. The molecular weight excluding hydrogens is 457 g/mol. The van der Waals surface area contributed by atoms with Crippen molar-refractivity contribution in [3.8, 4) is 0 Å². The van der Waals surface area contributed by atoms with Crippen molar-refractivity contribution in [2.45, 2.75) is 27.3 Å². The molecule has 1 aromatic carbocycles. The van der Waals surface area contributed by atoms with Crippen LogP contribution >= 0.6 is 24.0 Å². The Morgan fingerprint density at radius 3 is 2.15 bits per heavy atom. The molecule has 0 radical (unpaired) electrons. The fraction of sp³-hybridized carbons (Fsp3) is 0.526. The molecule has 7 nitrogen and oxygen atoms in total.